The number of hydrogen-bond acceptors (Lipinski definition) is 3. The summed E-state index contributed by atoms with van der Waals surface area (Å²) in [5.41, 5.74) is 4.78. The van der Waals surface area contributed by atoms with Gasteiger partial charge < -0.3 is 15.0 Å². The van der Waals surface area contributed by atoms with Crippen molar-refractivity contribution in [2.24, 2.45) is 0 Å². The van der Waals surface area contributed by atoms with Gasteiger partial charge in [-0.05, 0) is 46.9 Å². The third kappa shape index (κ3) is 4.04. The van der Waals surface area contributed by atoms with Crippen LogP contribution in [0.1, 0.15) is 52.6 Å². The maximum absolute atomic E-state index is 12.8. The summed E-state index contributed by atoms with van der Waals surface area (Å²) in [6, 6.07) is 20.6. The van der Waals surface area contributed by atoms with Crippen molar-refractivity contribution in [1.29, 1.82) is 0 Å². The lowest BCUT2D eigenvalue weighted by molar-refractivity contribution is 0.0994. The van der Waals surface area contributed by atoms with E-state index >= 15 is 0 Å². The second-order valence-electron chi connectivity index (χ2n) is 8.71. The molecule has 1 aliphatic heterocycles. The lowest BCUT2D eigenvalue weighted by Gasteiger charge is -2.19. The summed E-state index contributed by atoms with van der Waals surface area (Å²) in [7, 11) is 1.55. The second kappa shape index (κ2) is 7.91. The Balaban J connectivity index is 1.54. The van der Waals surface area contributed by atoms with E-state index in [1.807, 2.05) is 54.6 Å². The molecule has 0 saturated heterocycles. The van der Waals surface area contributed by atoms with Crippen molar-refractivity contribution in [3.63, 3.8) is 0 Å². The van der Waals surface area contributed by atoms with Gasteiger partial charge in [0, 0.05) is 22.9 Å². The van der Waals surface area contributed by atoms with E-state index in [0.29, 0.717) is 23.5 Å². The van der Waals surface area contributed by atoms with Gasteiger partial charge in [-0.2, -0.15) is 0 Å². The molecule has 5 nitrogen and oxygen atoms in total. The Morgan fingerprint density at radius 2 is 1.71 bits per heavy atom. The summed E-state index contributed by atoms with van der Waals surface area (Å²) in [6.07, 6.45) is 0. The van der Waals surface area contributed by atoms with Crippen LogP contribution in [0, 0.1) is 0 Å². The number of nitrogens with one attached hydrogen (secondary N) is 1. The summed E-state index contributed by atoms with van der Waals surface area (Å²) >= 11 is 0. The first kappa shape index (κ1) is 20.7. The summed E-state index contributed by atoms with van der Waals surface area (Å²) in [5.74, 6) is 0.255. The lowest BCUT2D eigenvalue weighted by Crippen LogP contribution is -2.23. The van der Waals surface area contributed by atoms with Crippen molar-refractivity contribution < 1.29 is 14.3 Å². The molecule has 5 heteroatoms. The highest BCUT2D eigenvalue weighted by Crippen LogP contribution is 2.34. The molecule has 0 aliphatic carbocycles. The highest BCUT2D eigenvalue weighted by atomic mass is 16.5. The first-order chi connectivity index (χ1) is 14.8. The van der Waals surface area contributed by atoms with E-state index in [2.05, 4.69) is 26.1 Å². The molecule has 0 radical (unpaired) electrons. The van der Waals surface area contributed by atoms with Gasteiger partial charge in [0.15, 0.2) is 0 Å². The minimum Gasteiger partial charge on any atom is -0.494 e. The third-order valence-electron chi connectivity index (χ3n) is 5.58. The van der Waals surface area contributed by atoms with Crippen LogP contribution in [0.3, 0.4) is 0 Å². The standard InChI is InChI=1S/C26H26N2O3/c1-26(2,3)19-11-9-17(10-12-19)24(29)27-22-14-13-20(15-23(22)31-4)28-16-18-7-5-6-8-21(18)25(28)30/h5-15H,16H2,1-4H3,(H,27,29). The zero-order valence-electron chi connectivity index (χ0n) is 18.2. The SMILES string of the molecule is COc1cc(N2Cc3ccccc3C2=O)ccc1NC(=O)c1ccc(C(C)(C)C)cc1. The number of carbonyl (C=O) groups excluding carboxylic acids is 2. The average molecular weight is 415 g/mol. The van der Waals surface area contributed by atoms with Crippen LogP contribution in [-0.2, 0) is 12.0 Å². The Morgan fingerprint density at radius 1 is 1.00 bits per heavy atom. The number of methoxy groups -OCH3 is 1. The van der Waals surface area contributed by atoms with E-state index in [0.717, 1.165) is 16.8 Å². The minimum atomic E-state index is -0.212. The van der Waals surface area contributed by atoms with E-state index < -0.39 is 0 Å². The highest BCUT2D eigenvalue weighted by Gasteiger charge is 2.28. The fourth-order valence-electron chi connectivity index (χ4n) is 3.73. The second-order valence-corrected chi connectivity index (χ2v) is 8.71. The van der Waals surface area contributed by atoms with Crippen LogP contribution in [0.5, 0.6) is 5.75 Å². The third-order valence-corrected chi connectivity index (χ3v) is 5.58. The molecule has 1 aliphatic rings. The van der Waals surface area contributed by atoms with Crippen molar-refractivity contribution in [2.75, 3.05) is 17.3 Å². The number of hydrogen-bond donors (Lipinski definition) is 1. The smallest absolute Gasteiger partial charge is 0.258 e. The van der Waals surface area contributed by atoms with Gasteiger partial charge in [0.2, 0.25) is 0 Å². The number of carbonyl (C=O) groups is 2. The van der Waals surface area contributed by atoms with Crippen LogP contribution in [0.4, 0.5) is 11.4 Å². The monoisotopic (exact) mass is 414 g/mol. The molecule has 0 spiro atoms. The Kier molecular flexibility index (Phi) is 5.27. The average Bonchev–Trinajstić information content (AvgIpc) is 3.10. The van der Waals surface area contributed by atoms with Gasteiger partial charge in [-0.3, -0.25) is 9.59 Å². The fourth-order valence-corrected chi connectivity index (χ4v) is 3.73. The van der Waals surface area contributed by atoms with Gasteiger partial charge >= 0.3 is 0 Å². The van der Waals surface area contributed by atoms with Crippen molar-refractivity contribution >= 4 is 23.2 Å². The van der Waals surface area contributed by atoms with Crippen LogP contribution < -0.4 is 15.0 Å². The van der Waals surface area contributed by atoms with E-state index in [9.17, 15) is 9.59 Å². The maximum atomic E-state index is 12.8. The zero-order chi connectivity index (χ0) is 22.2. The van der Waals surface area contributed by atoms with Crippen LogP contribution >= 0.6 is 0 Å². The molecule has 31 heavy (non-hydrogen) atoms. The summed E-state index contributed by atoms with van der Waals surface area (Å²) in [6.45, 7) is 6.93. The Bertz CT molecular complexity index is 1140. The summed E-state index contributed by atoms with van der Waals surface area (Å²) < 4.78 is 5.51. The first-order valence-corrected chi connectivity index (χ1v) is 10.3. The van der Waals surface area contributed by atoms with Crippen LogP contribution in [-0.4, -0.2) is 18.9 Å². The van der Waals surface area contributed by atoms with E-state index in [1.54, 1.807) is 24.1 Å². The maximum Gasteiger partial charge on any atom is 0.258 e. The van der Waals surface area contributed by atoms with Crippen LogP contribution in [0.2, 0.25) is 0 Å². The van der Waals surface area contributed by atoms with Gasteiger partial charge in [-0.15, -0.1) is 0 Å². The molecule has 1 heterocycles. The lowest BCUT2D eigenvalue weighted by atomic mass is 9.87. The first-order valence-electron chi connectivity index (χ1n) is 10.3. The quantitative estimate of drug-likeness (QED) is 0.621. The van der Waals surface area contributed by atoms with Gasteiger partial charge in [0.25, 0.3) is 11.8 Å². The summed E-state index contributed by atoms with van der Waals surface area (Å²) in [5, 5.41) is 2.91. The fraction of sp³-hybridized carbons (Fsp3) is 0.231. The molecule has 4 rings (SSSR count). The minimum absolute atomic E-state index is 0.0285. The number of ether oxygens (including phenoxy) is 1. The molecule has 0 saturated carbocycles. The van der Waals surface area contributed by atoms with E-state index in [-0.39, 0.29) is 17.2 Å². The molecule has 0 aromatic heterocycles. The molecule has 0 atom stereocenters. The zero-order valence-corrected chi connectivity index (χ0v) is 18.2. The van der Waals surface area contributed by atoms with E-state index in [4.69, 9.17) is 4.74 Å². The molecule has 0 bridgehead atoms. The molecule has 3 aromatic rings. The van der Waals surface area contributed by atoms with Crippen molar-refractivity contribution in [3.05, 3.63) is 89.0 Å². The number of anilines is 2. The summed E-state index contributed by atoms with van der Waals surface area (Å²) in [4.78, 5) is 27.2. The predicted molar refractivity (Wildman–Crippen MR) is 123 cm³/mol. The molecular formula is C26H26N2O3. The molecule has 0 fully saturated rings. The number of amides is 2. The van der Waals surface area contributed by atoms with Gasteiger partial charge in [0.05, 0.1) is 19.3 Å². The highest BCUT2D eigenvalue weighted by molar-refractivity contribution is 6.10. The molecule has 2 amide bonds. The van der Waals surface area contributed by atoms with Crippen molar-refractivity contribution in [2.45, 2.75) is 32.7 Å². The van der Waals surface area contributed by atoms with Crippen LogP contribution in [0.25, 0.3) is 0 Å². The topological polar surface area (TPSA) is 58.6 Å². The normalized spacial score (nSPS) is 13.2. The van der Waals surface area contributed by atoms with Gasteiger partial charge in [-0.1, -0.05) is 51.1 Å². The molecular weight excluding hydrogens is 388 g/mol. The van der Waals surface area contributed by atoms with Gasteiger partial charge in [0.1, 0.15) is 5.75 Å². The largest absolute Gasteiger partial charge is 0.494 e. The van der Waals surface area contributed by atoms with Crippen LogP contribution in [0.15, 0.2) is 66.7 Å². The van der Waals surface area contributed by atoms with Crippen molar-refractivity contribution in [1.82, 2.24) is 0 Å². The number of benzene rings is 3. The van der Waals surface area contributed by atoms with E-state index in [1.165, 1.54) is 5.56 Å². The molecule has 3 aromatic carbocycles. The predicted octanol–water partition coefficient (Wildman–Crippen LogP) is 5.41. The molecule has 0 unspecified atom stereocenters. The number of fused-ring (bicyclic) bond motifs is 1. The Labute approximate surface area is 182 Å². The molecule has 158 valence electrons. The molecule has 1 N–H and O–H groups in total. The number of nitrogens with zero attached hydrogens (tertiary/aromatic N) is 1. The Hall–Kier alpha value is -3.60. The van der Waals surface area contributed by atoms with Gasteiger partial charge in [-0.25, -0.2) is 0 Å². The number of rotatable bonds is 4. The Morgan fingerprint density at radius 3 is 2.35 bits per heavy atom. The van der Waals surface area contributed by atoms with Crippen molar-refractivity contribution in [3.8, 4) is 5.75 Å².